The van der Waals surface area contributed by atoms with Crippen molar-refractivity contribution >= 4 is 0 Å². The van der Waals surface area contributed by atoms with Crippen molar-refractivity contribution in [2.24, 2.45) is 0 Å². The summed E-state index contributed by atoms with van der Waals surface area (Å²) in [5, 5.41) is 0. The molecule has 1 N–H and O–H groups in total. The summed E-state index contributed by atoms with van der Waals surface area (Å²) in [7, 11) is 0. The predicted molar refractivity (Wildman–Crippen MR) is 35.3 cm³/mol. The standard InChI is InChI=1S/C3H8FN.C3H8/c1-3(2)5-4;1-3-2/h3,5H,1-2H3;3H2,1-2H3. The number of nitrogens with one attached hydrogen (secondary N) is 1. The predicted octanol–water partition coefficient (Wildman–Crippen LogP) is 2.29. The van der Waals surface area contributed by atoms with Gasteiger partial charge in [0.25, 0.3) is 0 Å². The lowest BCUT2D eigenvalue weighted by atomic mass is 10.4. The van der Waals surface area contributed by atoms with Crippen LogP contribution in [0.3, 0.4) is 0 Å². The molecule has 0 saturated carbocycles. The number of hydrogen-bond acceptors (Lipinski definition) is 1. The van der Waals surface area contributed by atoms with Gasteiger partial charge in [0, 0.05) is 6.04 Å². The van der Waals surface area contributed by atoms with Crippen molar-refractivity contribution in [2.75, 3.05) is 0 Å². The van der Waals surface area contributed by atoms with Crippen LogP contribution in [0.15, 0.2) is 0 Å². The Morgan fingerprint density at radius 2 is 1.50 bits per heavy atom. The van der Waals surface area contributed by atoms with Crippen molar-refractivity contribution in [3.63, 3.8) is 0 Å². The SMILES string of the molecule is CC(C)NF.CCC. The minimum absolute atomic E-state index is 0.0324. The monoisotopic (exact) mass is 121 g/mol. The van der Waals surface area contributed by atoms with E-state index in [-0.39, 0.29) is 6.04 Å². The lowest BCUT2D eigenvalue weighted by Crippen LogP contribution is -2.10. The molecular formula is C6H16FN. The maximum absolute atomic E-state index is 10.9. The molecule has 0 bridgehead atoms. The molecule has 0 rings (SSSR count). The van der Waals surface area contributed by atoms with Crippen LogP contribution in [0, 0.1) is 0 Å². The molecule has 0 saturated heterocycles. The average Bonchev–Trinajstić information content (AvgIpc) is 1.69. The molecule has 0 spiro atoms. The molecule has 0 aliphatic heterocycles. The Morgan fingerprint density at radius 1 is 1.38 bits per heavy atom. The quantitative estimate of drug-likeness (QED) is 0.525. The zero-order valence-electron chi connectivity index (χ0n) is 6.16. The highest BCUT2D eigenvalue weighted by molar-refractivity contribution is 4.35. The Labute approximate surface area is 51.2 Å². The molecule has 0 aromatic rings. The van der Waals surface area contributed by atoms with Gasteiger partial charge >= 0.3 is 0 Å². The molecule has 2 heteroatoms. The van der Waals surface area contributed by atoms with E-state index < -0.39 is 0 Å². The largest absolute Gasteiger partial charge is 0.157 e. The third kappa shape index (κ3) is 39.4. The van der Waals surface area contributed by atoms with Gasteiger partial charge in [-0.05, 0) is 13.8 Å². The molecule has 0 radical (unpaired) electrons. The van der Waals surface area contributed by atoms with Crippen molar-refractivity contribution < 1.29 is 4.48 Å². The highest BCUT2D eigenvalue weighted by atomic mass is 19.2. The maximum Gasteiger partial charge on any atom is 0.0315 e. The number of hydrogen-bond donors (Lipinski definition) is 1. The summed E-state index contributed by atoms with van der Waals surface area (Å²) in [4.78, 5) is 0. The Bertz CT molecular complexity index is 29.7. The highest BCUT2D eigenvalue weighted by Gasteiger charge is 1.81. The normalized spacial score (nSPS) is 8.25. The molecule has 0 aliphatic rings. The Balaban J connectivity index is 0. The van der Waals surface area contributed by atoms with E-state index in [0.29, 0.717) is 0 Å². The molecule has 8 heavy (non-hydrogen) atoms. The molecule has 0 amide bonds. The minimum Gasteiger partial charge on any atom is -0.157 e. The zero-order chi connectivity index (χ0) is 6.99. The van der Waals surface area contributed by atoms with Gasteiger partial charge in [-0.25, -0.2) is 0 Å². The molecule has 0 atom stereocenters. The smallest absolute Gasteiger partial charge is 0.0315 e. The van der Waals surface area contributed by atoms with E-state index in [2.05, 4.69) is 13.8 Å². The summed E-state index contributed by atoms with van der Waals surface area (Å²) >= 11 is 0. The number of rotatable bonds is 1. The first kappa shape index (κ1) is 10.8. The molecule has 0 heterocycles. The van der Waals surface area contributed by atoms with Gasteiger partial charge in [-0.2, -0.15) is 5.54 Å². The Hall–Kier alpha value is -0.110. The summed E-state index contributed by atoms with van der Waals surface area (Å²) in [5.41, 5.74) is 1.53. The zero-order valence-corrected chi connectivity index (χ0v) is 6.16. The summed E-state index contributed by atoms with van der Waals surface area (Å²) in [5.74, 6) is 0. The van der Waals surface area contributed by atoms with Crippen molar-refractivity contribution in [3.05, 3.63) is 0 Å². The van der Waals surface area contributed by atoms with Crippen LogP contribution in [-0.4, -0.2) is 6.04 Å². The van der Waals surface area contributed by atoms with E-state index in [4.69, 9.17) is 0 Å². The van der Waals surface area contributed by atoms with Crippen LogP contribution in [0.2, 0.25) is 0 Å². The first-order chi connectivity index (χ1) is 3.68. The van der Waals surface area contributed by atoms with Crippen LogP contribution in [0.5, 0.6) is 0 Å². The van der Waals surface area contributed by atoms with Gasteiger partial charge in [0.2, 0.25) is 0 Å². The molecule has 1 nitrogen and oxygen atoms in total. The van der Waals surface area contributed by atoms with Crippen LogP contribution in [0.4, 0.5) is 4.48 Å². The lowest BCUT2D eigenvalue weighted by molar-refractivity contribution is 0.294. The van der Waals surface area contributed by atoms with Crippen LogP contribution in [-0.2, 0) is 0 Å². The molecule has 0 aromatic heterocycles. The summed E-state index contributed by atoms with van der Waals surface area (Å²) in [6, 6.07) is -0.0324. The Morgan fingerprint density at radius 3 is 1.50 bits per heavy atom. The van der Waals surface area contributed by atoms with Crippen LogP contribution in [0.25, 0.3) is 0 Å². The van der Waals surface area contributed by atoms with Crippen LogP contribution in [0.1, 0.15) is 34.1 Å². The lowest BCUT2D eigenvalue weighted by Gasteiger charge is -1.90. The third-order valence-electron chi connectivity index (χ3n) is 0.218. The molecule has 0 aliphatic carbocycles. The topological polar surface area (TPSA) is 12.0 Å². The van der Waals surface area contributed by atoms with Gasteiger partial charge in [0.1, 0.15) is 0 Å². The Kier molecular flexibility index (Phi) is 13.5. The molecule has 0 aromatic carbocycles. The minimum atomic E-state index is -0.0324. The van der Waals surface area contributed by atoms with Gasteiger partial charge in [0.05, 0.1) is 0 Å². The van der Waals surface area contributed by atoms with E-state index in [1.165, 1.54) is 12.0 Å². The second-order valence-electron chi connectivity index (χ2n) is 1.97. The summed E-state index contributed by atoms with van der Waals surface area (Å²) in [6.45, 7) is 7.72. The average molecular weight is 121 g/mol. The van der Waals surface area contributed by atoms with Gasteiger partial charge in [-0.1, -0.05) is 20.3 Å². The van der Waals surface area contributed by atoms with Crippen molar-refractivity contribution in [2.45, 2.75) is 40.2 Å². The van der Waals surface area contributed by atoms with E-state index in [9.17, 15) is 4.48 Å². The van der Waals surface area contributed by atoms with E-state index in [1.54, 1.807) is 13.8 Å². The van der Waals surface area contributed by atoms with E-state index in [1.807, 2.05) is 0 Å². The van der Waals surface area contributed by atoms with Gasteiger partial charge in [-0.3, -0.25) is 0 Å². The van der Waals surface area contributed by atoms with Crippen LogP contribution >= 0.6 is 0 Å². The third-order valence-corrected chi connectivity index (χ3v) is 0.218. The summed E-state index contributed by atoms with van der Waals surface area (Å²) in [6.07, 6.45) is 1.25. The maximum atomic E-state index is 10.9. The molecule has 0 unspecified atom stereocenters. The van der Waals surface area contributed by atoms with Gasteiger partial charge < -0.3 is 0 Å². The van der Waals surface area contributed by atoms with Crippen LogP contribution < -0.4 is 5.54 Å². The van der Waals surface area contributed by atoms with E-state index >= 15 is 0 Å². The first-order valence-electron chi connectivity index (χ1n) is 3.05. The highest BCUT2D eigenvalue weighted by Crippen LogP contribution is 1.70. The van der Waals surface area contributed by atoms with Crippen molar-refractivity contribution in [1.29, 1.82) is 0 Å². The molecule has 52 valence electrons. The fraction of sp³-hybridized carbons (Fsp3) is 1.00. The second kappa shape index (κ2) is 10.00. The number of halogens is 1. The molecule has 0 fully saturated rings. The van der Waals surface area contributed by atoms with Gasteiger partial charge in [-0.15, -0.1) is 4.48 Å². The van der Waals surface area contributed by atoms with Crippen molar-refractivity contribution in [3.8, 4) is 0 Å². The summed E-state index contributed by atoms with van der Waals surface area (Å²) < 4.78 is 10.9. The van der Waals surface area contributed by atoms with E-state index in [0.717, 1.165) is 0 Å². The first-order valence-corrected chi connectivity index (χ1v) is 3.05. The fourth-order valence-electron chi connectivity index (χ4n) is 0. The van der Waals surface area contributed by atoms with Crippen molar-refractivity contribution in [1.82, 2.24) is 5.54 Å². The van der Waals surface area contributed by atoms with Gasteiger partial charge in [0.15, 0.2) is 0 Å². The second-order valence-corrected chi connectivity index (χ2v) is 1.97. The molecular weight excluding hydrogens is 105 g/mol. The fourth-order valence-corrected chi connectivity index (χ4v) is 0.